The van der Waals surface area contributed by atoms with Crippen molar-refractivity contribution in [2.24, 2.45) is 10.4 Å². The van der Waals surface area contributed by atoms with Crippen molar-refractivity contribution in [1.29, 1.82) is 0 Å². The van der Waals surface area contributed by atoms with Gasteiger partial charge in [0.05, 0.1) is 18.0 Å². The second kappa shape index (κ2) is 7.79. The van der Waals surface area contributed by atoms with Crippen molar-refractivity contribution < 1.29 is 14.3 Å². The maximum Gasteiger partial charge on any atom is 0.410 e. The second-order valence-corrected chi connectivity index (χ2v) is 9.48. The predicted molar refractivity (Wildman–Crippen MR) is 108 cm³/mol. The number of rotatable bonds is 3. The minimum absolute atomic E-state index is 0.174. The summed E-state index contributed by atoms with van der Waals surface area (Å²) in [5.74, 6) is 1.08. The summed E-state index contributed by atoms with van der Waals surface area (Å²) in [5.41, 5.74) is -0.801. The highest BCUT2D eigenvalue weighted by molar-refractivity contribution is 5.86. The van der Waals surface area contributed by atoms with Crippen molar-refractivity contribution in [3.8, 4) is 0 Å². The van der Waals surface area contributed by atoms with Gasteiger partial charge >= 0.3 is 6.09 Å². The molecule has 1 unspecified atom stereocenters. The Morgan fingerprint density at radius 3 is 2.54 bits per heavy atom. The molecule has 28 heavy (non-hydrogen) atoms. The molecular formula is C20H35N5O3. The van der Waals surface area contributed by atoms with Gasteiger partial charge in [0, 0.05) is 40.3 Å². The third kappa shape index (κ3) is 4.36. The first-order chi connectivity index (χ1) is 13.1. The molecule has 1 N–H and O–H groups in total. The molecule has 1 saturated heterocycles. The van der Waals surface area contributed by atoms with Crippen LogP contribution < -0.4 is 5.32 Å². The van der Waals surface area contributed by atoms with Gasteiger partial charge in [0.2, 0.25) is 5.91 Å². The largest absolute Gasteiger partial charge is 0.444 e. The smallest absolute Gasteiger partial charge is 0.410 e. The fraction of sp³-hybridized carbons (Fsp3) is 0.850. The Bertz CT molecular complexity index is 634. The molecule has 158 valence electrons. The average Bonchev–Trinajstić information content (AvgIpc) is 3.25. The van der Waals surface area contributed by atoms with Crippen LogP contribution in [0, 0.1) is 5.41 Å². The maximum atomic E-state index is 12.8. The summed E-state index contributed by atoms with van der Waals surface area (Å²) in [5, 5.41) is 3.48. The lowest BCUT2D eigenvalue weighted by atomic mass is 9.84. The summed E-state index contributed by atoms with van der Waals surface area (Å²) in [6.07, 6.45) is 3.81. The van der Waals surface area contributed by atoms with Gasteiger partial charge in [-0.15, -0.1) is 0 Å². The lowest BCUT2D eigenvalue weighted by Crippen LogP contribution is -2.58. The van der Waals surface area contributed by atoms with Crippen molar-refractivity contribution in [2.75, 3.05) is 46.8 Å². The summed E-state index contributed by atoms with van der Waals surface area (Å²) in [4.78, 5) is 35.5. The van der Waals surface area contributed by atoms with Crippen molar-refractivity contribution in [1.82, 2.24) is 20.0 Å². The van der Waals surface area contributed by atoms with Gasteiger partial charge in [-0.2, -0.15) is 0 Å². The molecule has 8 heteroatoms. The molecule has 1 aliphatic carbocycles. The Hall–Kier alpha value is -1.99. The molecule has 0 aromatic carbocycles. The zero-order valence-corrected chi connectivity index (χ0v) is 18.0. The molecule has 0 aromatic rings. The van der Waals surface area contributed by atoms with E-state index >= 15 is 0 Å². The number of fused-ring (bicyclic) bond motifs is 1. The van der Waals surface area contributed by atoms with Gasteiger partial charge in [0.1, 0.15) is 5.60 Å². The van der Waals surface area contributed by atoms with E-state index in [0.29, 0.717) is 26.2 Å². The number of nitrogens with one attached hydrogen (secondary N) is 1. The highest BCUT2D eigenvalue weighted by Gasteiger charge is 2.43. The van der Waals surface area contributed by atoms with Gasteiger partial charge in [0.15, 0.2) is 5.96 Å². The number of carbonyl (C=O) groups is 2. The van der Waals surface area contributed by atoms with Gasteiger partial charge < -0.3 is 24.8 Å². The number of ether oxygens (including phenoxy) is 1. The van der Waals surface area contributed by atoms with E-state index in [1.165, 1.54) is 0 Å². The highest BCUT2D eigenvalue weighted by Crippen LogP contribution is 2.39. The van der Waals surface area contributed by atoms with Crippen LogP contribution in [0.25, 0.3) is 0 Å². The third-order valence-corrected chi connectivity index (χ3v) is 5.86. The average molecular weight is 394 g/mol. The predicted octanol–water partition coefficient (Wildman–Crippen LogP) is 1.52. The van der Waals surface area contributed by atoms with Crippen LogP contribution in [0.2, 0.25) is 0 Å². The van der Waals surface area contributed by atoms with Crippen molar-refractivity contribution in [3.05, 3.63) is 0 Å². The molecule has 1 saturated carbocycles. The van der Waals surface area contributed by atoms with E-state index in [9.17, 15) is 9.59 Å². The molecule has 2 fully saturated rings. The molecule has 1 atom stereocenters. The summed E-state index contributed by atoms with van der Waals surface area (Å²) in [7, 11) is 3.67. The van der Waals surface area contributed by atoms with Crippen molar-refractivity contribution >= 4 is 18.0 Å². The molecule has 0 spiro atoms. The van der Waals surface area contributed by atoms with Crippen LogP contribution in [-0.2, 0) is 9.53 Å². The molecule has 2 amide bonds. The van der Waals surface area contributed by atoms with E-state index < -0.39 is 5.60 Å². The molecule has 0 radical (unpaired) electrons. The van der Waals surface area contributed by atoms with Gasteiger partial charge in [0.25, 0.3) is 0 Å². The van der Waals surface area contributed by atoms with Gasteiger partial charge in [-0.1, -0.05) is 12.8 Å². The number of nitrogens with zero attached hydrogens (tertiary/aromatic N) is 4. The van der Waals surface area contributed by atoms with E-state index in [1.807, 2.05) is 34.9 Å². The van der Waals surface area contributed by atoms with E-state index in [0.717, 1.165) is 38.2 Å². The Kier molecular flexibility index (Phi) is 5.77. The minimum atomic E-state index is -0.484. The van der Waals surface area contributed by atoms with E-state index in [4.69, 9.17) is 4.74 Å². The van der Waals surface area contributed by atoms with Crippen LogP contribution in [0.5, 0.6) is 0 Å². The third-order valence-electron chi connectivity index (χ3n) is 5.86. The number of carbonyl (C=O) groups excluding carboxylic acids is 2. The summed E-state index contributed by atoms with van der Waals surface area (Å²) in [6.45, 7) is 8.91. The molecule has 3 aliphatic rings. The molecule has 2 aliphatic heterocycles. The number of amides is 2. The molecule has 8 nitrogen and oxygen atoms in total. The molecule has 0 aromatic heterocycles. The summed E-state index contributed by atoms with van der Waals surface area (Å²) < 4.78 is 5.50. The SMILES string of the molecule is CN(C)C(=O)C1(CNC2=NCC3CN(C(=O)OC(C)(C)C)CCN23)CCCC1. The second-order valence-electron chi connectivity index (χ2n) is 9.48. The number of guanidine groups is 1. The number of hydrogen-bond acceptors (Lipinski definition) is 6. The summed E-state index contributed by atoms with van der Waals surface area (Å²) in [6, 6.07) is 0.174. The van der Waals surface area contributed by atoms with Crippen LogP contribution in [0.4, 0.5) is 4.79 Å². The first-order valence-corrected chi connectivity index (χ1v) is 10.4. The Morgan fingerprint density at radius 1 is 1.25 bits per heavy atom. The monoisotopic (exact) mass is 393 g/mol. The Balaban J connectivity index is 1.56. The van der Waals surface area contributed by atoms with Crippen LogP contribution in [-0.4, -0.2) is 91.1 Å². The first-order valence-electron chi connectivity index (χ1n) is 10.4. The highest BCUT2D eigenvalue weighted by atomic mass is 16.6. The van der Waals surface area contributed by atoms with Gasteiger partial charge in [-0.25, -0.2) is 4.79 Å². The first kappa shape index (κ1) is 20.7. The topological polar surface area (TPSA) is 77.5 Å². The molecule has 2 heterocycles. The number of aliphatic imine (C=N–C) groups is 1. The van der Waals surface area contributed by atoms with Gasteiger partial charge in [-0.05, 0) is 33.6 Å². The number of hydrogen-bond donors (Lipinski definition) is 1. The van der Waals surface area contributed by atoms with Crippen LogP contribution in [0.1, 0.15) is 46.5 Å². The minimum Gasteiger partial charge on any atom is -0.444 e. The lowest BCUT2D eigenvalue weighted by Gasteiger charge is -2.40. The van der Waals surface area contributed by atoms with Crippen LogP contribution in [0.15, 0.2) is 4.99 Å². The normalized spacial score (nSPS) is 23.9. The fourth-order valence-corrected chi connectivity index (χ4v) is 4.46. The van der Waals surface area contributed by atoms with E-state index in [1.54, 1.807) is 9.80 Å². The molecular weight excluding hydrogens is 358 g/mol. The maximum absolute atomic E-state index is 12.8. The summed E-state index contributed by atoms with van der Waals surface area (Å²) >= 11 is 0. The quantitative estimate of drug-likeness (QED) is 0.787. The van der Waals surface area contributed by atoms with Crippen molar-refractivity contribution in [2.45, 2.75) is 58.1 Å². The zero-order valence-electron chi connectivity index (χ0n) is 18.0. The number of piperazine rings is 1. The standard InChI is InChI=1S/C20H35N5O3/c1-19(2,3)28-18(27)24-10-11-25-15(13-24)12-21-17(25)22-14-20(8-6-7-9-20)16(26)23(4)5/h15H,6-14H2,1-5H3,(H,21,22). The lowest BCUT2D eigenvalue weighted by molar-refractivity contribution is -0.138. The molecule has 3 rings (SSSR count). The fourth-order valence-electron chi connectivity index (χ4n) is 4.46. The zero-order chi connectivity index (χ0) is 20.5. The van der Waals surface area contributed by atoms with E-state index in [2.05, 4.69) is 15.2 Å². The Labute approximate surface area is 168 Å². The van der Waals surface area contributed by atoms with Crippen molar-refractivity contribution in [3.63, 3.8) is 0 Å². The van der Waals surface area contributed by atoms with Gasteiger partial charge in [-0.3, -0.25) is 9.79 Å². The van der Waals surface area contributed by atoms with E-state index in [-0.39, 0.29) is 23.5 Å². The molecule has 0 bridgehead atoms. The van der Waals surface area contributed by atoms with Crippen LogP contribution in [0.3, 0.4) is 0 Å². The van der Waals surface area contributed by atoms with Crippen LogP contribution >= 0.6 is 0 Å². The Morgan fingerprint density at radius 2 is 1.93 bits per heavy atom.